The van der Waals surface area contributed by atoms with E-state index in [2.05, 4.69) is 9.71 Å². The first kappa shape index (κ1) is 18.8. The summed E-state index contributed by atoms with van der Waals surface area (Å²) in [4.78, 5) is 4.45. The lowest BCUT2D eigenvalue weighted by Crippen LogP contribution is -2.14. The van der Waals surface area contributed by atoms with Crippen molar-refractivity contribution in [3.63, 3.8) is 0 Å². The second-order valence-corrected chi connectivity index (χ2v) is 7.65. The largest absolute Gasteiger partial charge is 0.493 e. The molecule has 0 spiro atoms. The van der Waals surface area contributed by atoms with Gasteiger partial charge in [0.2, 0.25) is 5.89 Å². The average Bonchev–Trinajstić information content (AvgIpc) is 3.07. The third-order valence-electron chi connectivity index (χ3n) is 3.92. The van der Waals surface area contributed by atoms with E-state index in [-0.39, 0.29) is 16.5 Å². The Morgan fingerprint density at radius 3 is 2.33 bits per heavy atom. The number of sulfonamides is 1. The van der Waals surface area contributed by atoms with Crippen LogP contribution in [0.3, 0.4) is 0 Å². The van der Waals surface area contributed by atoms with E-state index in [9.17, 15) is 8.42 Å². The summed E-state index contributed by atoms with van der Waals surface area (Å²) in [6.07, 6.45) is 1.49. The van der Waals surface area contributed by atoms with Gasteiger partial charge < -0.3 is 13.9 Å². The fraction of sp³-hybridized carbons (Fsp3) is 0.211. The van der Waals surface area contributed by atoms with Gasteiger partial charge in [0, 0.05) is 6.07 Å². The molecule has 0 amide bonds. The van der Waals surface area contributed by atoms with Gasteiger partial charge in [0.1, 0.15) is 6.26 Å². The summed E-state index contributed by atoms with van der Waals surface area (Å²) in [7, 11) is -0.843. The van der Waals surface area contributed by atoms with Crippen LogP contribution in [0.5, 0.6) is 11.5 Å². The maximum absolute atomic E-state index is 12.9. The summed E-state index contributed by atoms with van der Waals surface area (Å²) < 4.78 is 44.4. The number of benzene rings is 2. The van der Waals surface area contributed by atoms with E-state index in [0.717, 1.165) is 5.56 Å². The maximum Gasteiger partial charge on any atom is 0.261 e. The first-order chi connectivity index (χ1) is 12.8. The highest BCUT2D eigenvalue weighted by Crippen LogP contribution is 2.39. The Bertz CT molecular complexity index is 1070. The van der Waals surface area contributed by atoms with Crippen molar-refractivity contribution in [2.24, 2.45) is 0 Å². The second kappa shape index (κ2) is 7.32. The van der Waals surface area contributed by atoms with E-state index in [1.54, 1.807) is 31.2 Å². The fourth-order valence-corrected chi connectivity index (χ4v) is 3.78. The zero-order valence-electron chi connectivity index (χ0n) is 15.4. The molecular weight excluding hydrogens is 368 g/mol. The SMILES string of the molecule is COc1cc(NS(=O)(=O)c2cccc(C)c2)c(-c2nc(C)co2)cc1OC. The monoisotopic (exact) mass is 388 g/mol. The Morgan fingerprint density at radius 2 is 1.74 bits per heavy atom. The highest BCUT2D eigenvalue weighted by Gasteiger charge is 2.21. The zero-order valence-corrected chi connectivity index (χ0v) is 16.3. The Labute approximate surface area is 158 Å². The van der Waals surface area contributed by atoms with Crippen LogP contribution in [0.4, 0.5) is 5.69 Å². The Balaban J connectivity index is 2.13. The predicted octanol–water partition coefficient (Wildman–Crippen LogP) is 3.78. The molecule has 0 aliphatic heterocycles. The molecule has 1 N–H and O–H groups in total. The van der Waals surface area contributed by atoms with Crippen LogP contribution in [0.25, 0.3) is 11.5 Å². The fourth-order valence-electron chi connectivity index (χ4n) is 2.60. The first-order valence-electron chi connectivity index (χ1n) is 8.12. The van der Waals surface area contributed by atoms with Crippen LogP contribution in [0.1, 0.15) is 11.3 Å². The number of ether oxygens (including phenoxy) is 2. The molecule has 0 unspecified atom stereocenters. The number of hydrogen-bond acceptors (Lipinski definition) is 6. The summed E-state index contributed by atoms with van der Waals surface area (Å²) in [5.74, 6) is 1.09. The third kappa shape index (κ3) is 3.90. The van der Waals surface area contributed by atoms with E-state index in [1.165, 1.54) is 26.5 Å². The molecular formula is C19H20N2O5S. The molecule has 8 heteroatoms. The molecule has 7 nitrogen and oxygen atoms in total. The van der Waals surface area contributed by atoms with E-state index in [0.29, 0.717) is 22.8 Å². The van der Waals surface area contributed by atoms with Gasteiger partial charge in [-0.05, 0) is 37.6 Å². The Hall–Kier alpha value is -3.00. The van der Waals surface area contributed by atoms with Gasteiger partial charge in [-0.3, -0.25) is 4.72 Å². The summed E-state index contributed by atoms with van der Waals surface area (Å²) in [5.41, 5.74) is 2.23. The summed E-state index contributed by atoms with van der Waals surface area (Å²) in [6.45, 7) is 3.61. The molecule has 0 radical (unpaired) electrons. The van der Waals surface area contributed by atoms with Crippen LogP contribution >= 0.6 is 0 Å². The predicted molar refractivity (Wildman–Crippen MR) is 102 cm³/mol. The number of nitrogens with one attached hydrogen (secondary N) is 1. The van der Waals surface area contributed by atoms with E-state index >= 15 is 0 Å². The minimum Gasteiger partial charge on any atom is -0.493 e. The number of hydrogen-bond donors (Lipinski definition) is 1. The molecule has 1 aromatic heterocycles. The lowest BCUT2D eigenvalue weighted by molar-refractivity contribution is 0.355. The van der Waals surface area contributed by atoms with E-state index in [1.807, 2.05) is 13.0 Å². The third-order valence-corrected chi connectivity index (χ3v) is 5.28. The van der Waals surface area contributed by atoms with Crippen molar-refractivity contribution in [2.75, 3.05) is 18.9 Å². The smallest absolute Gasteiger partial charge is 0.261 e. The van der Waals surface area contributed by atoms with Crippen LogP contribution in [0.15, 0.2) is 52.0 Å². The molecule has 0 aliphatic rings. The number of aryl methyl sites for hydroxylation is 2. The van der Waals surface area contributed by atoms with Crippen LogP contribution in [-0.2, 0) is 10.0 Å². The second-order valence-electron chi connectivity index (χ2n) is 5.97. The van der Waals surface area contributed by atoms with Gasteiger partial charge in [-0.2, -0.15) is 0 Å². The van der Waals surface area contributed by atoms with Crippen molar-refractivity contribution in [1.29, 1.82) is 0 Å². The molecule has 0 atom stereocenters. The number of methoxy groups -OCH3 is 2. The average molecular weight is 388 g/mol. The van der Waals surface area contributed by atoms with Gasteiger partial charge in [0.05, 0.1) is 36.1 Å². The number of anilines is 1. The van der Waals surface area contributed by atoms with Gasteiger partial charge in [0.15, 0.2) is 11.5 Å². The normalized spacial score (nSPS) is 11.3. The molecule has 0 saturated carbocycles. The highest BCUT2D eigenvalue weighted by molar-refractivity contribution is 7.92. The molecule has 0 bridgehead atoms. The van der Waals surface area contributed by atoms with Crippen LogP contribution < -0.4 is 14.2 Å². The van der Waals surface area contributed by atoms with Crippen molar-refractivity contribution < 1.29 is 22.3 Å². The quantitative estimate of drug-likeness (QED) is 0.691. The van der Waals surface area contributed by atoms with Crippen molar-refractivity contribution in [2.45, 2.75) is 18.7 Å². The van der Waals surface area contributed by atoms with Gasteiger partial charge in [0.25, 0.3) is 10.0 Å². The van der Waals surface area contributed by atoms with Crippen molar-refractivity contribution in [3.05, 3.63) is 53.9 Å². The van der Waals surface area contributed by atoms with Crippen molar-refractivity contribution in [1.82, 2.24) is 4.98 Å². The van der Waals surface area contributed by atoms with Gasteiger partial charge in [-0.25, -0.2) is 13.4 Å². The molecule has 3 rings (SSSR count). The minimum absolute atomic E-state index is 0.159. The molecule has 2 aromatic carbocycles. The summed E-state index contributed by atoms with van der Waals surface area (Å²) >= 11 is 0. The molecule has 0 aliphatic carbocycles. The number of rotatable bonds is 6. The zero-order chi connectivity index (χ0) is 19.6. The summed E-state index contributed by atoms with van der Waals surface area (Å²) in [6, 6.07) is 9.82. The number of oxazole rings is 1. The topological polar surface area (TPSA) is 90.7 Å². The van der Waals surface area contributed by atoms with Gasteiger partial charge in [-0.15, -0.1) is 0 Å². The number of aromatic nitrogens is 1. The molecule has 0 fully saturated rings. The van der Waals surface area contributed by atoms with E-state index in [4.69, 9.17) is 13.9 Å². The maximum atomic E-state index is 12.9. The first-order valence-corrected chi connectivity index (χ1v) is 9.60. The lowest BCUT2D eigenvalue weighted by Gasteiger charge is -2.15. The molecule has 1 heterocycles. The van der Waals surface area contributed by atoms with Gasteiger partial charge in [-0.1, -0.05) is 12.1 Å². The number of nitrogens with zero attached hydrogens (tertiary/aromatic N) is 1. The van der Waals surface area contributed by atoms with Crippen molar-refractivity contribution in [3.8, 4) is 23.0 Å². The standard InChI is InChI=1S/C19H20N2O5S/c1-12-6-5-7-14(8-12)27(22,23)21-16-10-18(25-4)17(24-3)9-15(16)19-20-13(2)11-26-19/h5-11,21H,1-4H3. The van der Waals surface area contributed by atoms with Crippen LogP contribution in [0.2, 0.25) is 0 Å². The molecule has 3 aromatic rings. The van der Waals surface area contributed by atoms with Gasteiger partial charge >= 0.3 is 0 Å². The Kier molecular flexibility index (Phi) is 5.09. The van der Waals surface area contributed by atoms with Crippen LogP contribution in [-0.4, -0.2) is 27.6 Å². The van der Waals surface area contributed by atoms with Crippen LogP contribution in [0, 0.1) is 13.8 Å². The molecule has 0 saturated heterocycles. The minimum atomic E-state index is -3.82. The summed E-state index contributed by atoms with van der Waals surface area (Å²) in [5, 5.41) is 0. The Morgan fingerprint density at radius 1 is 1.04 bits per heavy atom. The lowest BCUT2D eigenvalue weighted by atomic mass is 10.1. The highest BCUT2D eigenvalue weighted by atomic mass is 32.2. The molecule has 27 heavy (non-hydrogen) atoms. The van der Waals surface area contributed by atoms with E-state index < -0.39 is 10.0 Å². The van der Waals surface area contributed by atoms with Crippen molar-refractivity contribution >= 4 is 15.7 Å². The molecule has 142 valence electrons.